The number of piperazine rings is 1. The molecule has 1 aromatic carbocycles. The summed E-state index contributed by atoms with van der Waals surface area (Å²) < 4.78 is 27.0. The molecular weight excluding hydrogens is 406 g/mol. The molecule has 1 atom stereocenters. The van der Waals surface area contributed by atoms with Gasteiger partial charge < -0.3 is 9.88 Å². The summed E-state index contributed by atoms with van der Waals surface area (Å²) in [5, 5.41) is -0.136. The zero-order chi connectivity index (χ0) is 19.2. The second-order valence-electron chi connectivity index (χ2n) is 6.57. The Labute approximate surface area is 165 Å². The smallest absolute Gasteiger partial charge is 0.305 e. The maximum Gasteiger partial charge on any atom is 0.305 e. The van der Waals surface area contributed by atoms with E-state index >= 15 is 0 Å². The predicted molar refractivity (Wildman–Crippen MR) is 105 cm³/mol. The highest BCUT2D eigenvalue weighted by Gasteiger charge is 2.36. The van der Waals surface area contributed by atoms with Gasteiger partial charge in [-0.3, -0.25) is 9.59 Å². The number of nitrogens with zero attached hydrogens (tertiary/aromatic N) is 2. The molecule has 1 fully saturated rings. The van der Waals surface area contributed by atoms with Crippen LogP contribution in [0.2, 0.25) is 0 Å². The first-order valence-corrected chi connectivity index (χ1v) is 11.7. The standard InChI is InChI=1S/C17H19N3O4S3/c1-11-16(26-17(22)18-11)27(23,24)20-8-6-19(7-9-20)15(21)14-10-12-4-2-3-5-13(12)25-14/h2-5,14H,6-10H2,1H3,(H,18,22). The molecule has 144 valence electrons. The number of aryl methyl sites for hydroxylation is 1. The number of sulfonamides is 1. The number of nitrogens with one attached hydrogen (secondary N) is 1. The minimum Gasteiger partial charge on any atom is -0.339 e. The number of amides is 1. The molecule has 2 aliphatic rings. The second kappa shape index (κ2) is 7.08. The molecule has 27 heavy (non-hydrogen) atoms. The Bertz CT molecular complexity index is 1010. The van der Waals surface area contributed by atoms with Gasteiger partial charge in [0.25, 0.3) is 10.0 Å². The maximum atomic E-state index is 12.8. The fraction of sp³-hybridized carbons (Fsp3) is 0.412. The Balaban J connectivity index is 1.41. The van der Waals surface area contributed by atoms with Gasteiger partial charge in [0, 0.05) is 36.8 Å². The Kier molecular flexibility index (Phi) is 4.91. The minimum atomic E-state index is -3.71. The van der Waals surface area contributed by atoms with Gasteiger partial charge in [0.15, 0.2) is 4.21 Å². The van der Waals surface area contributed by atoms with E-state index in [-0.39, 0.29) is 33.3 Å². The summed E-state index contributed by atoms with van der Waals surface area (Å²) in [7, 11) is -3.71. The van der Waals surface area contributed by atoms with E-state index in [2.05, 4.69) is 4.98 Å². The molecule has 1 unspecified atom stereocenters. The van der Waals surface area contributed by atoms with Gasteiger partial charge in [-0.15, -0.1) is 11.8 Å². The van der Waals surface area contributed by atoms with Crippen molar-refractivity contribution in [3.8, 4) is 0 Å². The van der Waals surface area contributed by atoms with Gasteiger partial charge in [-0.1, -0.05) is 29.5 Å². The highest BCUT2D eigenvalue weighted by Crippen LogP contribution is 2.37. The Hall–Kier alpha value is -1.62. The van der Waals surface area contributed by atoms with Crippen LogP contribution in [-0.2, 0) is 21.2 Å². The van der Waals surface area contributed by atoms with E-state index in [0.29, 0.717) is 36.5 Å². The maximum absolute atomic E-state index is 12.8. The first kappa shape index (κ1) is 18.7. The zero-order valence-electron chi connectivity index (χ0n) is 14.7. The fourth-order valence-electron chi connectivity index (χ4n) is 3.43. The normalized spacial score (nSPS) is 20.6. The number of thioether (sulfide) groups is 1. The van der Waals surface area contributed by atoms with Crippen molar-refractivity contribution in [3.05, 3.63) is 45.2 Å². The SMILES string of the molecule is Cc1[nH]c(=O)sc1S(=O)(=O)N1CCN(C(=O)C2Cc3ccccc3S2)CC1. The summed E-state index contributed by atoms with van der Waals surface area (Å²) in [4.78, 5) is 29.3. The molecule has 2 aromatic rings. The summed E-state index contributed by atoms with van der Waals surface area (Å²) in [6.07, 6.45) is 0.717. The zero-order valence-corrected chi connectivity index (χ0v) is 17.1. The topological polar surface area (TPSA) is 90.5 Å². The fourth-order valence-corrected chi connectivity index (χ4v) is 7.56. The van der Waals surface area contributed by atoms with E-state index in [1.807, 2.05) is 24.3 Å². The largest absolute Gasteiger partial charge is 0.339 e. The van der Waals surface area contributed by atoms with Crippen LogP contribution in [0.1, 0.15) is 11.3 Å². The first-order valence-electron chi connectivity index (χ1n) is 8.59. The monoisotopic (exact) mass is 425 g/mol. The number of H-pyrrole nitrogens is 1. The number of carbonyl (C=O) groups is 1. The lowest BCUT2D eigenvalue weighted by Crippen LogP contribution is -2.52. The number of thiazole rings is 1. The second-order valence-corrected chi connectivity index (χ2v) is 10.9. The van der Waals surface area contributed by atoms with Crippen molar-refractivity contribution in [3.63, 3.8) is 0 Å². The van der Waals surface area contributed by atoms with Crippen LogP contribution in [0.3, 0.4) is 0 Å². The molecule has 0 bridgehead atoms. The van der Waals surface area contributed by atoms with Crippen LogP contribution in [0.25, 0.3) is 0 Å². The lowest BCUT2D eigenvalue weighted by Gasteiger charge is -2.34. The Morgan fingerprint density at radius 1 is 1.19 bits per heavy atom. The molecule has 1 aromatic heterocycles. The van der Waals surface area contributed by atoms with E-state index in [4.69, 9.17) is 0 Å². The molecule has 2 aliphatic heterocycles. The Morgan fingerprint density at radius 2 is 1.89 bits per heavy atom. The van der Waals surface area contributed by atoms with E-state index in [1.54, 1.807) is 23.6 Å². The van der Waals surface area contributed by atoms with Crippen molar-refractivity contribution in [2.24, 2.45) is 0 Å². The molecule has 4 rings (SSSR count). The lowest BCUT2D eigenvalue weighted by atomic mass is 10.1. The molecule has 1 N–H and O–H groups in total. The van der Waals surface area contributed by atoms with E-state index in [9.17, 15) is 18.0 Å². The quantitative estimate of drug-likeness (QED) is 0.800. The third-order valence-electron chi connectivity index (χ3n) is 4.83. The summed E-state index contributed by atoms with van der Waals surface area (Å²) in [5.74, 6) is 0.0655. The van der Waals surface area contributed by atoms with Gasteiger partial charge in [-0.2, -0.15) is 4.31 Å². The molecule has 1 amide bonds. The Morgan fingerprint density at radius 3 is 2.52 bits per heavy atom. The number of rotatable bonds is 3. The van der Waals surface area contributed by atoms with E-state index in [1.165, 1.54) is 9.87 Å². The van der Waals surface area contributed by atoms with Crippen LogP contribution < -0.4 is 4.87 Å². The van der Waals surface area contributed by atoms with Crippen LogP contribution in [0.15, 0.2) is 38.2 Å². The number of aromatic nitrogens is 1. The summed E-state index contributed by atoms with van der Waals surface area (Å²) in [5.41, 5.74) is 1.56. The van der Waals surface area contributed by atoms with Crippen LogP contribution in [0, 0.1) is 6.92 Å². The first-order chi connectivity index (χ1) is 12.9. The average Bonchev–Trinajstić information content (AvgIpc) is 3.24. The summed E-state index contributed by atoms with van der Waals surface area (Å²) in [6.45, 7) is 2.79. The van der Waals surface area contributed by atoms with Gasteiger partial charge in [-0.05, 0) is 25.0 Å². The molecular formula is C17H19N3O4S3. The third-order valence-corrected chi connectivity index (χ3v) is 9.61. The van der Waals surface area contributed by atoms with Gasteiger partial charge in [0.05, 0.1) is 5.25 Å². The van der Waals surface area contributed by atoms with Crippen molar-refractivity contribution in [1.29, 1.82) is 0 Å². The molecule has 0 spiro atoms. The van der Waals surface area contributed by atoms with Crippen LogP contribution in [0.4, 0.5) is 0 Å². The summed E-state index contributed by atoms with van der Waals surface area (Å²) in [6, 6.07) is 8.03. The molecule has 0 aliphatic carbocycles. The van der Waals surface area contributed by atoms with Gasteiger partial charge in [-0.25, -0.2) is 8.42 Å². The number of fused-ring (bicyclic) bond motifs is 1. The van der Waals surface area contributed by atoms with Crippen molar-refractivity contribution >= 4 is 39.0 Å². The molecule has 7 nitrogen and oxygen atoms in total. The number of carbonyl (C=O) groups excluding carboxylic acids is 1. The highest BCUT2D eigenvalue weighted by atomic mass is 32.2. The molecule has 1 saturated heterocycles. The number of benzene rings is 1. The van der Waals surface area contributed by atoms with Gasteiger partial charge in [0.1, 0.15) is 0 Å². The van der Waals surface area contributed by atoms with Crippen molar-refractivity contribution < 1.29 is 13.2 Å². The van der Waals surface area contributed by atoms with Crippen molar-refractivity contribution in [1.82, 2.24) is 14.2 Å². The number of aromatic amines is 1. The van der Waals surface area contributed by atoms with Crippen LogP contribution in [-0.4, -0.2) is 59.9 Å². The van der Waals surface area contributed by atoms with Gasteiger partial charge >= 0.3 is 4.87 Å². The van der Waals surface area contributed by atoms with Crippen LogP contribution in [0.5, 0.6) is 0 Å². The van der Waals surface area contributed by atoms with Crippen molar-refractivity contribution in [2.45, 2.75) is 27.7 Å². The average molecular weight is 426 g/mol. The predicted octanol–water partition coefficient (Wildman–Crippen LogP) is 1.29. The molecule has 0 saturated carbocycles. The van der Waals surface area contributed by atoms with E-state index < -0.39 is 10.0 Å². The number of hydrogen-bond donors (Lipinski definition) is 1. The third kappa shape index (κ3) is 3.46. The number of hydrogen-bond acceptors (Lipinski definition) is 6. The minimum absolute atomic E-state index is 0.0640. The van der Waals surface area contributed by atoms with Gasteiger partial charge in [0.2, 0.25) is 5.91 Å². The summed E-state index contributed by atoms with van der Waals surface area (Å²) >= 11 is 2.30. The van der Waals surface area contributed by atoms with E-state index in [0.717, 1.165) is 4.90 Å². The molecule has 0 radical (unpaired) electrons. The lowest BCUT2D eigenvalue weighted by molar-refractivity contribution is -0.131. The van der Waals surface area contributed by atoms with Crippen molar-refractivity contribution in [2.75, 3.05) is 26.2 Å². The van der Waals surface area contributed by atoms with Crippen LogP contribution >= 0.6 is 23.1 Å². The highest BCUT2D eigenvalue weighted by molar-refractivity contribution is 8.01. The molecule has 3 heterocycles. The molecule has 10 heteroatoms.